The molecule has 0 unspecified atom stereocenters. The van der Waals surface area contributed by atoms with Crippen LogP contribution < -0.4 is 0 Å². The zero-order valence-corrected chi connectivity index (χ0v) is 32.2. The predicted molar refractivity (Wildman–Crippen MR) is 243 cm³/mol. The normalized spacial score (nSPS) is 13.1. The lowest BCUT2D eigenvalue weighted by Crippen LogP contribution is -2.14. The Bertz CT molecular complexity index is 3410. The summed E-state index contributed by atoms with van der Waals surface area (Å²) in [5.41, 5.74) is 13.6. The van der Waals surface area contributed by atoms with Crippen LogP contribution in [0.4, 0.5) is 0 Å². The Morgan fingerprint density at radius 2 is 0.879 bits per heavy atom. The van der Waals surface area contributed by atoms with Gasteiger partial charge in [0.15, 0.2) is 5.82 Å². The van der Waals surface area contributed by atoms with Gasteiger partial charge in [-0.2, -0.15) is 0 Å². The van der Waals surface area contributed by atoms with E-state index in [1.54, 1.807) is 0 Å². The summed E-state index contributed by atoms with van der Waals surface area (Å²) in [5.74, 6) is 0.697. The van der Waals surface area contributed by atoms with Crippen LogP contribution in [0, 0.1) is 0 Å². The number of benzene rings is 9. The van der Waals surface area contributed by atoms with E-state index < -0.39 is 0 Å². The third-order valence-corrected chi connectivity index (χ3v) is 12.6. The van der Waals surface area contributed by atoms with Gasteiger partial charge in [0.1, 0.15) is 0 Å². The second kappa shape index (κ2) is 12.3. The van der Waals surface area contributed by atoms with Gasteiger partial charge in [-0.15, -0.1) is 0 Å². The van der Waals surface area contributed by atoms with Gasteiger partial charge in [-0.1, -0.05) is 159 Å². The average Bonchev–Trinajstić information content (AvgIpc) is 3.72. The van der Waals surface area contributed by atoms with Crippen LogP contribution in [0.3, 0.4) is 0 Å². The van der Waals surface area contributed by atoms with Crippen LogP contribution in [0.5, 0.6) is 0 Å². The van der Waals surface area contributed by atoms with Crippen molar-refractivity contribution in [2.75, 3.05) is 0 Å². The summed E-state index contributed by atoms with van der Waals surface area (Å²) < 4.78 is 2.48. The monoisotopic (exact) mass is 739 g/mol. The van der Waals surface area contributed by atoms with Gasteiger partial charge in [-0.05, 0) is 97.0 Å². The fraction of sp³-hybridized carbons (Fsp3) is 0.0545. The lowest BCUT2D eigenvalue weighted by atomic mass is 9.82. The van der Waals surface area contributed by atoms with Gasteiger partial charge in [0.2, 0.25) is 0 Å². The molecule has 1 aliphatic carbocycles. The highest BCUT2D eigenvalue weighted by Crippen LogP contribution is 2.51. The highest BCUT2D eigenvalue weighted by Gasteiger charge is 2.36. The first-order valence-electron chi connectivity index (χ1n) is 20.1. The van der Waals surface area contributed by atoms with Crippen LogP contribution in [0.2, 0.25) is 0 Å². The van der Waals surface area contributed by atoms with Gasteiger partial charge >= 0.3 is 0 Å². The van der Waals surface area contributed by atoms with E-state index in [0.717, 1.165) is 33.8 Å². The number of hydrogen-bond acceptors (Lipinski definition) is 2. The molecule has 272 valence electrons. The summed E-state index contributed by atoms with van der Waals surface area (Å²) in [5, 5.41) is 10.1. The molecule has 3 nitrogen and oxygen atoms in total. The molecule has 9 aromatic carbocycles. The Hall–Kier alpha value is -7.36. The van der Waals surface area contributed by atoms with Gasteiger partial charge in [0, 0.05) is 38.6 Å². The van der Waals surface area contributed by atoms with Crippen LogP contribution >= 0.6 is 0 Å². The molecule has 2 aromatic heterocycles. The highest BCUT2D eigenvalue weighted by molar-refractivity contribution is 6.29. The first kappa shape index (κ1) is 32.8. The summed E-state index contributed by atoms with van der Waals surface area (Å²) in [4.78, 5) is 10.4. The van der Waals surface area contributed by atoms with Crippen molar-refractivity contribution < 1.29 is 0 Å². The Morgan fingerprint density at radius 3 is 1.53 bits per heavy atom. The van der Waals surface area contributed by atoms with E-state index in [2.05, 4.69) is 194 Å². The zero-order valence-electron chi connectivity index (χ0n) is 32.2. The van der Waals surface area contributed by atoms with Gasteiger partial charge in [0.25, 0.3) is 0 Å². The largest absolute Gasteiger partial charge is 0.309 e. The molecule has 0 amide bonds. The van der Waals surface area contributed by atoms with Crippen LogP contribution in [0.15, 0.2) is 188 Å². The Kier molecular flexibility index (Phi) is 6.98. The van der Waals surface area contributed by atoms with E-state index in [9.17, 15) is 0 Å². The SMILES string of the molecule is CC1(C)c2ccccc2-c2cc3c4cc5c6ccccc6c6ccccc6c5cc4n(-c4cccc(-c5nc(-c6ccccc6)cc(-c6ccccc6)n5)c4)c3cc21. The van der Waals surface area contributed by atoms with E-state index >= 15 is 0 Å². The highest BCUT2D eigenvalue weighted by atomic mass is 15.0. The molecular formula is C55H37N3. The molecule has 0 saturated carbocycles. The number of hydrogen-bond donors (Lipinski definition) is 0. The molecule has 0 spiro atoms. The van der Waals surface area contributed by atoms with E-state index in [0.29, 0.717) is 5.82 Å². The van der Waals surface area contributed by atoms with E-state index in [4.69, 9.17) is 9.97 Å². The van der Waals surface area contributed by atoms with Crippen LogP contribution in [0.1, 0.15) is 25.0 Å². The fourth-order valence-electron chi connectivity index (χ4n) is 9.76. The molecule has 0 fully saturated rings. The maximum atomic E-state index is 5.22. The number of nitrogens with zero attached hydrogens (tertiary/aromatic N) is 3. The molecule has 0 atom stereocenters. The third kappa shape index (κ3) is 4.80. The first-order valence-corrected chi connectivity index (χ1v) is 20.1. The predicted octanol–water partition coefficient (Wildman–Crippen LogP) is 14.3. The minimum Gasteiger partial charge on any atom is -0.309 e. The molecular weight excluding hydrogens is 703 g/mol. The summed E-state index contributed by atoms with van der Waals surface area (Å²) >= 11 is 0. The standard InChI is InChI=1S/C55H37N3/c1-55(2)48-27-14-13-26-42(48)45-30-47-46-29-43-40-24-11-9-22-38(40)39-23-10-12-25-41(39)44(43)31-52(46)58(53(47)32-49(45)55)37-21-15-20-36(28-37)54-56-50(34-16-5-3-6-17-34)33-51(57-54)35-18-7-4-8-19-35/h3-33H,1-2H3. The minimum atomic E-state index is -0.139. The minimum absolute atomic E-state index is 0.139. The van der Waals surface area contributed by atoms with Crippen molar-refractivity contribution in [2.45, 2.75) is 19.3 Å². The summed E-state index contributed by atoms with van der Waals surface area (Å²) in [6, 6.07) is 68.2. The van der Waals surface area contributed by atoms with Crippen molar-refractivity contribution in [2.24, 2.45) is 0 Å². The molecule has 12 rings (SSSR count). The quantitative estimate of drug-likeness (QED) is 0.168. The zero-order chi connectivity index (χ0) is 38.5. The van der Waals surface area contributed by atoms with Crippen molar-refractivity contribution in [3.8, 4) is 50.7 Å². The van der Waals surface area contributed by atoms with Crippen molar-refractivity contribution in [1.82, 2.24) is 14.5 Å². The van der Waals surface area contributed by atoms with Crippen molar-refractivity contribution in [3.05, 3.63) is 199 Å². The number of fused-ring (bicyclic) bond motifs is 12. The van der Waals surface area contributed by atoms with Gasteiger partial charge in [0.05, 0.1) is 22.4 Å². The number of aromatic nitrogens is 3. The van der Waals surface area contributed by atoms with Crippen LogP contribution in [-0.2, 0) is 5.41 Å². The average molecular weight is 740 g/mol. The van der Waals surface area contributed by atoms with Crippen molar-refractivity contribution >= 4 is 54.1 Å². The molecule has 0 saturated heterocycles. The van der Waals surface area contributed by atoms with E-state index in [-0.39, 0.29) is 5.41 Å². The Morgan fingerprint density at radius 1 is 0.362 bits per heavy atom. The van der Waals surface area contributed by atoms with Crippen LogP contribution in [-0.4, -0.2) is 14.5 Å². The molecule has 1 aliphatic rings. The molecule has 3 heteroatoms. The van der Waals surface area contributed by atoms with E-state index in [1.807, 2.05) is 12.1 Å². The molecule has 0 N–H and O–H groups in total. The fourth-order valence-corrected chi connectivity index (χ4v) is 9.76. The van der Waals surface area contributed by atoms with Gasteiger partial charge in [-0.25, -0.2) is 9.97 Å². The second-order valence-corrected chi connectivity index (χ2v) is 16.2. The maximum absolute atomic E-state index is 5.22. The van der Waals surface area contributed by atoms with Gasteiger partial charge in [-0.3, -0.25) is 0 Å². The first-order chi connectivity index (χ1) is 28.5. The second-order valence-electron chi connectivity index (χ2n) is 16.2. The van der Waals surface area contributed by atoms with Crippen molar-refractivity contribution in [1.29, 1.82) is 0 Å². The van der Waals surface area contributed by atoms with Gasteiger partial charge < -0.3 is 4.57 Å². The topological polar surface area (TPSA) is 30.7 Å². The lowest BCUT2D eigenvalue weighted by molar-refractivity contribution is 0.661. The summed E-state index contributed by atoms with van der Waals surface area (Å²) in [6.45, 7) is 4.73. The van der Waals surface area contributed by atoms with Crippen molar-refractivity contribution in [3.63, 3.8) is 0 Å². The molecule has 11 aromatic rings. The summed E-state index contributed by atoms with van der Waals surface area (Å²) in [6.07, 6.45) is 0. The van der Waals surface area contributed by atoms with E-state index in [1.165, 1.54) is 76.4 Å². The number of rotatable bonds is 4. The molecule has 2 heterocycles. The molecule has 0 bridgehead atoms. The molecule has 0 aliphatic heterocycles. The molecule has 0 radical (unpaired) electrons. The van der Waals surface area contributed by atoms with Crippen LogP contribution in [0.25, 0.3) is 105 Å². The maximum Gasteiger partial charge on any atom is 0.160 e. The lowest BCUT2D eigenvalue weighted by Gasteiger charge is -2.21. The summed E-state index contributed by atoms with van der Waals surface area (Å²) in [7, 11) is 0. The Balaban J connectivity index is 1.16. The Labute approximate surface area is 336 Å². The molecule has 58 heavy (non-hydrogen) atoms. The smallest absolute Gasteiger partial charge is 0.160 e. The third-order valence-electron chi connectivity index (χ3n) is 12.6.